The van der Waals surface area contributed by atoms with Crippen LogP contribution in [0.4, 0.5) is 0 Å². The number of nitrogens with zero attached hydrogens (tertiary/aromatic N) is 1. The van der Waals surface area contributed by atoms with Gasteiger partial charge in [0.05, 0.1) is 0 Å². The van der Waals surface area contributed by atoms with Gasteiger partial charge in [-0.3, -0.25) is 0 Å². The molecule has 68 valence electrons. The van der Waals surface area contributed by atoms with E-state index in [2.05, 4.69) is 37.6 Å². The summed E-state index contributed by atoms with van der Waals surface area (Å²) >= 11 is 0. The van der Waals surface area contributed by atoms with Gasteiger partial charge in [-0.05, 0) is 31.9 Å². The first-order valence-electron chi connectivity index (χ1n) is 4.80. The summed E-state index contributed by atoms with van der Waals surface area (Å²) in [6.07, 6.45) is 6.88. The van der Waals surface area contributed by atoms with Crippen molar-refractivity contribution in [3.05, 3.63) is 24.4 Å². The van der Waals surface area contributed by atoms with Crippen LogP contribution in [0, 0.1) is 5.92 Å². The van der Waals surface area contributed by atoms with Crippen LogP contribution in [0.2, 0.25) is 0 Å². The van der Waals surface area contributed by atoms with Crippen molar-refractivity contribution in [3.63, 3.8) is 0 Å². The molecule has 0 spiro atoms. The van der Waals surface area contributed by atoms with Gasteiger partial charge in [0.1, 0.15) is 0 Å². The zero-order valence-electron chi connectivity index (χ0n) is 8.21. The van der Waals surface area contributed by atoms with Crippen LogP contribution in [-0.2, 0) is 0 Å². The second kappa shape index (κ2) is 4.34. The molecule has 0 aliphatic carbocycles. The van der Waals surface area contributed by atoms with Gasteiger partial charge in [-0.15, -0.1) is 0 Å². The highest BCUT2D eigenvalue weighted by atomic mass is 15.1. The zero-order valence-corrected chi connectivity index (χ0v) is 8.21. The Hall–Kier alpha value is -0.720. The molecular weight excluding hydrogens is 146 g/mol. The summed E-state index contributed by atoms with van der Waals surface area (Å²) in [5.41, 5.74) is 1.32. The third-order valence-corrected chi connectivity index (χ3v) is 2.54. The van der Waals surface area contributed by atoms with Gasteiger partial charge in [-0.1, -0.05) is 25.2 Å². The van der Waals surface area contributed by atoms with Gasteiger partial charge >= 0.3 is 0 Å². The molecule has 0 bridgehead atoms. The highest BCUT2D eigenvalue weighted by molar-refractivity contribution is 5.00. The van der Waals surface area contributed by atoms with Crippen LogP contribution in [-0.4, -0.2) is 18.0 Å². The van der Waals surface area contributed by atoms with Crippen LogP contribution in [0.15, 0.2) is 24.4 Å². The van der Waals surface area contributed by atoms with Crippen LogP contribution in [0.25, 0.3) is 0 Å². The lowest BCUT2D eigenvalue weighted by Crippen LogP contribution is -2.23. The Morgan fingerprint density at radius 2 is 2.42 bits per heavy atom. The van der Waals surface area contributed by atoms with Gasteiger partial charge in [-0.2, -0.15) is 0 Å². The van der Waals surface area contributed by atoms with E-state index in [0.717, 1.165) is 6.54 Å². The fourth-order valence-corrected chi connectivity index (χ4v) is 1.61. The SMILES string of the molecule is C=C(C)C(CC)CN1C=CCC1. The van der Waals surface area contributed by atoms with E-state index in [-0.39, 0.29) is 0 Å². The maximum absolute atomic E-state index is 4.02. The normalized spacial score (nSPS) is 18.3. The quantitative estimate of drug-likeness (QED) is 0.579. The summed E-state index contributed by atoms with van der Waals surface area (Å²) in [6.45, 7) is 10.7. The summed E-state index contributed by atoms with van der Waals surface area (Å²) in [4.78, 5) is 2.39. The molecule has 0 radical (unpaired) electrons. The predicted octanol–water partition coefficient (Wildman–Crippen LogP) is 2.81. The lowest BCUT2D eigenvalue weighted by Gasteiger charge is -2.22. The molecule has 0 aromatic rings. The van der Waals surface area contributed by atoms with Crippen LogP contribution in [0.5, 0.6) is 0 Å². The average molecular weight is 165 g/mol. The summed E-state index contributed by atoms with van der Waals surface area (Å²) < 4.78 is 0. The van der Waals surface area contributed by atoms with Crippen molar-refractivity contribution in [2.75, 3.05) is 13.1 Å². The van der Waals surface area contributed by atoms with Crippen LogP contribution in [0.3, 0.4) is 0 Å². The van der Waals surface area contributed by atoms with Gasteiger partial charge < -0.3 is 4.90 Å². The molecule has 1 unspecified atom stereocenters. The van der Waals surface area contributed by atoms with E-state index in [1.807, 2.05) is 0 Å². The second-order valence-corrected chi connectivity index (χ2v) is 3.62. The molecular formula is C11H19N. The molecule has 1 aliphatic heterocycles. The van der Waals surface area contributed by atoms with E-state index >= 15 is 0 Å². The van der Waals surface area contributed by atoms with Crippen LogP contribution < -0.4 is 0 Å². The number of rotatable bonds is 4. The monoisotopic (exact) mass is 165 g/mol. The fourth-order valence-electron chi connectivity index (χ4n) is 1.61. The highest BCUT2D eigenvalue weighted by Gasteiger charge is 2.12. The zero-order chi connectivity index (χ0) is 8.97. The Balaban J connectivity index is 2.36. The average Bonchev–Trinajstić information content (AvgIpc) is 2.51. The molecule has 1 nitrogen and oxygen atoms in total. The fraction of sp³-hybridized carbons (Fsp3) is 0.636. The maximum atomic E-state index is 4.02. The molecule has 0 N–H and O–H groups in total. The van der Waals surface area contributed by atoms with Gasteiger partial charge in [-0.25, -0.2) is 0 Å². The van der Waals surface area contributed by atoms with Gasteiger partial charge in [0.25, 0.3) is 0 Å². The van der Waals surface area contributed by atoms with Crippen molar-refractivity contribution in [1.82, 2.24) is 4.90 Å². The van der Waals surface area contributed by atoms with Crippen molar-refractivity contribution in [1.29, 1.82) is 0 Å². The second-order valence-electron chi connectivity index (χ2n) is 3.62. The smallest absolute Gasteiger partial charge is 0.0237 e. The number of hydrogen-bond donors (Lipinski definition) is 0. The van der Waals surface area contributed by atoms with E-state index < -0.39 is 0 Å². The van der Waals surface area contributed by atoms with Crippen molar-refractivity contribution < 1.29 is 0 Å². The Morgan fingerprint density at radius 1 is 1.67 bits per heavy atom. The molecule has 12 heavy (non-hydrogen) atoms. The van der Waals surface area contributed by atoms with E-state index in [1.54, 1.807) is 0 Å². The topological polar surface area (TPSA) is 3.24 Å². The van der Waals surface area contributed by atoms with Crippen molar-refractivity contribution in [3.8, 4) is 0 Å². The van der Waals surface area contributed by atoms with Crippen LogP contribution in [0.1, 0.15) is 26.7 Å². The maximum Gasteiger partial charge on any atom is 0.0237 e. The van der Waals surface area contributed by atoms with Crippen molar-refractivity contribution in [2.24, 2.45) is 5.92 Å². The summed E-state index contributed by atoms with van der Waals surface area (Å²) in [7, 11) is 0. The molecule has 1 rings (SSSR count). The predicted molar refractivity (Wildman–Crippen MR) is 53.9 cm³/mol. The first kappa shape index (κ1) is 9.37. The molecule has 1 heterocycles. The van der Waals surface area contributed by atoms with Crippen molar-refractivity contribution >= 4 is 0 Å². The lowest BCUT2D eigenvalue weighted by molar-refractivity contribution is 0.346. The third kappa shape index (κ3) is 2.40. The van der Waals surface area contributed by atoms with Crippen molar-refractivity contribution in [2.45, 2.75) is 26.7 Å². The first-order valence-corrected chi connectivity index (χ1v) is 4.80. The van der Waals surface area contributed by atoms with E-state index in [0.29, 0.717) is 5.92 Å². The van der Waals surface area contributed by atoms with E-state index in [4.69, 9.17) is 0 Å². The summed E-state index contributed by atoms with van der Waals surface area (Å²) in [6, 6.07) is 0. The van der Waals surface area contributed by atoms with Gasteiger partial charge in [0.2, 0.25) is 0 Å². The molecule has 1 heteroatoms. The Bertz CT molecular complexity index is 181. The summed E-state index contributed by atoms with van der Waals surface area (Å²) in [5, 5.41) is 0. The lowest BCUT2D eigenvalue weighted by atomic mass is 9.99. The standard InChI is InChI=1S/C11H19N/c1-4-11(10(2)3)9-12-7-5-6-8-12/h5,7,11H,2,4,6,8-9H2,1,3H3. The molecule has 0 amide bonds. The van der Waals surface area contributed by atoms with Crippen LogP contribution >= 0.6 is 0 Å². The van der Waals surface area contributed by atoms with E-state index in [9.17, 15) is 0 Å². The summed E-state index contributed by atoms with van der Waals surface area (Å²) in [5.74, 6) is 0.674. The minimum atomic E-state index is 0.674. The molecule has 0 aromatic carbocycles. The highest BCUT2D eigenvalue weighted by Crippen LogP contribution is 2.16. The van der Waals surface area contributed by atoms with Gasteiger partial charge in [0, 0.05) is 13.1 Å². The third-order valence-electron chi connectivity index (χ3n) is 2.54. The molecule has 0 aromatic heterocycles. The molecule has 0 fully saturated rings. The minimum Gasteiger partial charge on any atom is -0.377 e. The Labute approximate surface area is 75.8 Å². The first-order chi connectivity index (χ1) is 5.74. The number of hydrogen-bond acceptors (Lipinski definition) is 1. The van der Waals surface area contributed by atoms with Gasteiger partial charge in [0.15, 0.2) is 0 Å². The largest absolute Gasteiger partial charge is 0.377 e. The molecule has 0 saturated carbocycles. The minimum absolute atomic E-state index is 0.674. The molecule has 1 atom stereocenters. The van der Waals surface area contributed by atoms with E-state index in [1.165, 1.54) is 25.0 Å². The molecule has 1 aliphatic rings. The Morgan fingerprint density at radius 3 is 2.83 bits per heavy atom. The Kier molecular flexibility index (Phi) is 3.39. The molecule has 0 saturated heterocycles.